The van der Waals surface area contributed by atoms with Crippen LogP contribution in [0.25, 0.3) is 0 Å². The molecule has 1 unspecified atom stereocenters. The molecule has 1 rings (SSSR count). The average Bonchev–Trinajstić information content (AvgIpc) is 2.61. The Morgan fingerprint density at radius 2 is 1.83 bits per heavy atom. The fourth-order valence-electron chi connectivity index (χ4n) is 2.86. The van der Waals surface area contributed by atoms with E-state index in [1.54, 1.807) is 0 Å². The Morgan fingerprint density at radius 1 is 1.17 bits per heavy atom. The van der Waals surface area contributed by atoms with Gasteiger partial charge in [-0.25, -0.2) is 8.78 Å². The van der Waals surface area contributed by atoms with Gasteiger partial charge in [-0.2, -0.15) is 0 Å². The van der Waals surface area contributed by atoms with Crippen LogP contribution in [-0.2, 0) is 4.74 Å². The number of hydrogen-bond donors (Lipinski definition) is 1. The highest BCUT2D eigenvalue weighted by molar-refractivity contribution is 4.78. The first kappa shape index (κ1) is 15.8. The molecule has 0 aromatic rings. The zero-order valence-corrected chi connectivity index (χ0v) is 11.5. The Balaban J connectivity index is 2.28. The lowest BCUT2D eigenvalue weighted by atomic mass is 9.90. The minimum Gasteiger partial charge on any atom is -0.375 e. The Bertz CT molecular complexity index is 194. The maximum absolute atomic E-state index is 12.0. The van der Waals surface area contributed by atoms with Gasteiger partial charge in [0.05, 0.1) is 0 Å². The van der Waals surface area contributed by atoms with Crippen molar-refractivity contribution in [1.29, 1.82) is 0 Å². The summed E-state index contributed by atoms with van der Waals surface area (Å²) in [5.74, 6) is 0.697. The van der Waals surface area contributed by atoms with Crippen LogP contribution < -0.4 is 5.32 Å². The molecule has 0 aromatic carbocycles. The minimum absolute atomic E-state index is 0.427. The third-order valence-corrected chi connectivity index (χ3v) is 3.75. The SMILES string of the molecule is CCNC(CCOCC(F)F)C1CCCCCC1. The van der Waals surface area contributed by atoms with E-state index in [4.69, 9.17) is 4.74 Å². The summed E-state index contributed by atoms with van der Waals surface area (Å²) in [5, 5.41) is 3.50. The number of hydrogen-bond acceptors (Lipinski definition) is 2. The fraction of sp³-hybridized carbons (Fsp3) is 1.00. The lowest BCUT2D eigenvalue weighted by Gasteiger charge is -2.27. The van der Waals surface area contributed by atoms with Crippen molar-refractivity contribution < 1.29 is 13.5 Å². The van der Waals surface area contributed by atoms with Crippen LogP contribution in [0, 0.1) is 5.92 Å². The average molecular weight is 263 g/mol. The van der Waals surface area contributed by atoms with Crippen LogP contribution in [0.3, 0.4) is 0 Å². The highest BCUT2D eigenvalue weighted by Gasteiger charge is 2.21. The van der Waals surface area contributed by atoms with Gasteiger partial charge in [0.2, 0.25) is 0 Å². The standard InChI is InChI=1S/C14H27F2NO/c1-2-17-13(9-10-18-11-14(15)16)12-7-5-3-4-6-8-12/h12-14,17H,2-11H2,1H3. The van der Waals surface area contributed by atoms with Crippen molar-refractivity contribution in [2.75, 3.05) is 19.8 Å². The van der Waals surface area contributed by atoms with E-state index in [9.17, 15) is 8.78 Å². The van der Waals surface area contributed by atoms with Gasteiger partial charge in [0, 0.05) is 12.6 Å². The van der Waals surface area contributed by atoms with Gasteiger partial charge < -0.3 is 10.1 Å². The third-order valence-electron chi connectivity index (χ3n) is 3.75. The molecule has 1 N–H and O–H groups in total. The van der Waals surface area contributed by atoms with E-state index in [-0.39, 0.29) is 0 Å². The van der Waals surface area contributed by atoms with E-state index in [0.29, 0.717) is 18.6 Å². The molecule has 0 aromatic heterocycles. The number of halogens is 2. The zero-order valence-electron chi connectivity index (χ0n) is 11.5. The van der Waals surface area contributed by atoms with Crippen LogP contribution in [0.5, 0.6) is 0 Å². The molecule has 0 aliphatic heterocycles. The van der Waals surface area contributed by atoms with Gasteiger partial charge >= 0.3 is 0 Å². The molecule has 0 heterocycles. The summed E-state index contributed by atoms with van der Waals surface area (Å²) in [6.45, 7) is 3.06. The number of ether oxygens (including phenoxy) is 1. The third kappa shape index (κ3) is 6.64. The van der Waals surface area contributed by atoms with Gasteiger partial charge in [-0.3, -0.25) is 0 Å². The molecule has 0 bridgehead atoms. The molecule has 0 amide bonds. The van der Waals surface area contributed by atoms with E-state index in [0.717, 1.165) is 13.0 Å². The van der Waals surface area contributed by atoms with Crippen LogP contribution in [0.15, 0.2) is 0 Å². The normalized spacial score (nSPS) is 20.0. The summed E-state index contributed by atoms with van der Waals surface area (Å²) in [7, 11) is 0. The van der Waals surface area contributed by atoms with Crippen molar-refractivity contribution >= 4 is 0 Å². The highest BCUT2D eigenvalue weighted by Crippen LogP contribution is 2.26. The first-order valence-electron chi connectivity index (χ1n) is 7.33. The van der Waals surface area contributed by atoms with Crippen molar-refractivity contribution in [2.45, 2.75) is 64.3 Å². The van der Waals surface area contributed by atoms with Crippen LogP contribution in [-0.4, -0.2) is 32.2 Å². The quantitative estimate of drug-likeness (QED) is 0.533. The lowest BCUT2D eigenvalue weighted by molar-refractivity contribution is 0.0125. The summed E-state index contributed by atoms with van der Waals surface area (Å²) in [6, 6.07) is 0.436. The predicted molar refractivity (Wildman–Crippen MR) is 70.1 cm³/mol. The lowest BCUT2D eigenvalue weighted by Crippen LogP contribution is -2.37. The monoisotopic (exact) mass is 263 g/mol. The van der Waals surface area contributed by atoms with Crippen molar-refractivity contribution in [3.05, 3.63) is 0 Å². The number of alkyl halides is 2. The van der Waals surface area contributed by atoms with Gasteiger partial charge in [-0.15, -0.1) is 0 Å². The van der Waals surface area contributed by atoms with E-state index < -0.39 is 13.0 Å². The molecule has 0 radical (unpaired) electrons. The molecule has 4 heteroatoms. The van der Waals surface area contributed by atoms with Crippen LogP contribution >= 0.6 is 0 Å². The molecule has 0 saturated heterocycles. The predicted octanol–water partition coefficient (Wildman–Crippen LogP) is 3.61. The van der Waals surface area contributed by atoms with Crippen molar-refractivity contribution in [3.8, 4) is 0 Å². The largest absolute Gasteiger partial charge is 0.375 e. The summed E-state index contributed by atoms with van der Waals surface area (Å²) in [5.41, 5.74) is 0. The summed E-state index contributed by atoms with van der Waals surface area (Å²) < 4.78 is 29.0. The summed E-state index contributed by atoms with van der Waals surface area (Å²) in [6.07, 6.45) is 6.36. The molecular formula is C14H27F2NO. The molecule has 108 valence electrons. The number of nitrogens with one attached hydrogen (secondary N) is 1. The van der Waals surface area contributed by atoms with Gasteiger partial charge in [0.1, 0.15) is 6.61 Å². The fourth-order valence-corrected chi connectivity index (χ4v) is 2.86. The smallest absolute Gasteiger partial charge is 0.261 e. The van der Waals surface area contributed by atoms with Gasteiger partial charge in [0.15, 0.2) is 0 Å². The molecule has 1 atom stereocenters. The van der Waals surface area contributed by atoms with E-state index in [2.05, 4.69) is 12.2 Å². The Kier molecular flexibility index (Phi) is 8.51. The summed E-state index contributed by atoms with van der Waals surface area (Å²) >= 11 is 0. The van der Waals surface area contributed by atoms with Gasteiger partial charge in [-0.1, -0.05) is 32.6 Å². The van der Waals surface area contributed by atoms with Gasteiger partial charge in [0.25, 0.3) is 6.43 Å². The highest BCUT2D eigenvalue weighted by atomic mass is 19.3. The van der Waals surface area contributed by atoms with Crippen LogP contribution in [0.1, 0.15) is 51.9 Å². The van der Waals surface area contributed by atoms with E-state index >= 15 is 0 Å². The second kappa shape index (κ2) is 9.68. The zero-order chi connectivity index (χ0) is 13.2. The number of rotatable bonds is 8. The topological polar surface area (TPSA) is 21.3 Å². The molecule has 2 nitrogen and oxygen atoms in total. The van der Waals surface area contributed by atoms with Crippen molar-refractivity contribution in [1.82, 2.24) is 5.32 Å². The second-order valence-corrected chi connectivity index (χ2v) is 5.17. The molecule has 18 heavy (non-hydrogen) atoms. The Morgan fingerprint density at radius 3 is 2.39 bits per heavy atom. The Hall–Kier alpha value is -0.220. The molecule has 1 aliphatic carbocycles. The van der Waals surface area contributed by atoms with Crippen molar-refractivity contribution in [2.24, 2.45) is 5.92 Å². The maximum atomic E-state index is 12.0. The minimum atomic E-state index is -2.35. The Labute approximate surface area is 109 Å². The van der Waals surface area contributed by atoms with Gasteiger partial charge in [-0.05, 0) is 31.7 Å². The molecule has 1 aliphatic rings. The van der Waals surface area contributed by atoms with Crippen molar-refractivity contribution in [3.63, 3.8) is 0 Å². The maximum Gasteiger partial charge on any atom is 0.261 e. The first-order chi connectivity index (χ1) is 8.74. The molecular weight excluding hydrogens is 236 g/mol. The van der Waals surface area contributed by atoms with Crippen LogP contribution in [0.4, 0.5) is 8.78 Å². The first-order valence-corrected chi connectivity index (χ1v) is 7.33. The van der Waals surface area contributed by atoms with E-state index in [1.807, 2.05) is 0 Å². The van der Waals surface area contributed by atoms with E-state index in [1.165, 1.54) is 38.5 Å². The second-order valence-electron chi connectivity index (χ2n) is 5.17. The molecule has 1 saturated carbocycles. The molecule has 0 spiro atoms. The van der Waals surface area contributed by atoms with Crippen LogP contribution in [0.2, 0.25) is 0 Å². The summed E-state index contributed by atoms with van der Waals surface area (Å²) in [4.78, 5) is 0. The molecule has 1 fully saturated rings.